The van der Waals surface area contributed by atoms with Gasteiger partial charge in [-0.3, -0.25) is 4.57 Å². The maximum Gasteiger partial charge on any atom is 0.356 e. The van der Waals surface area contributed by atoms with Crippen LogP contribution in [-0.4, -0.2) is 34.0 Å². The lowest BCUT2D eigenvalue weighted by molar-refractivity contribution is 0.0759. The topological polar surface area (TPSA) is 87.0 Å². The van der Waals surface area contributed by atoms with Crippen LogP contribution in [0.5, 0.6) is 0 Å². The summed E-state index contributed by atoms with van der Waals surface area (Å²) in [6.07, 6.45) is 1.42. The maximum atomic E-state index is 10.3. The van der Waals surface area contributed by atoms with E-state index < -0.39 is 13.4 Å². The summed E-state index contributed by atoms with van der Waals surface area (Å²) in [7, 11) is -4.40. The molecule has 11 heavy (non-hydrogen) atoms. The monoisotopic (exact) mass is 182 g/mol. The Balaban J connectivity index is 3.61. The summed E-state index contributed by atoms with van der Waals surface area (Å²) in [5.41, 5.74) is 0. The molecule has 1 unspecified atom stereocenters. The van der Waals surface area contributed by atoms with Gasteiger partial charge < -0.3 is 19.6 Å². The Morgan fingerprint density at radius 1 is 1.64 bits per heavy atom. The second-order valence-corrected chi connectivity index (χ2v) is 3.67. The van der Waals surface area contributed by atoms with Gasteiger partial charge in [0.05, 0.1) is 13.2 Å². The van der Waals surface area contributed by atoms with Crippen molar-refractivity contribution >= 4 is 7.60 Å². The number of aliphatic hydroxyl groups is 1. The summed E-state index contributed by atoms with van der Waals surface area (Å²) in [4.78, 5) is 16.7. The summed E-state index contributed by atoms with van der Waals surface area (Å²) in [6, 6.07) is 0. The zero-order chi connectivity index (χ0) is 8.91. The van der Waals surface area contributed by atoms with Crippen molar-refractivity contribution in [2.45, 2.75) is 5.85 Å². The van der Waals surface area contributed by atoms with Crippen molar-refractivity contribution in [2.75, 3.05) is 13.2 Å². The van der Waals surface area contributed by atoms with Crippen molar-refractivity contribution in [3.05, 3.63) is 12.7 Å². The molecule has 5 nitrogen and oxygen atoms in total. The van der Waals surface area contributed by atoms with Gasteiger partial charge in [0.25, 0.3) is 0 Å². The lowest BCUT2D eigenvalue weighted by Gasteiger charge is -2.11. The molecule has 0 amide bonds. The third-order valence-electron chi connectivity index (χ3n) is 0.891. The van der Waals surface area contributed by atoms with Gasteiger partial charge in [-0.25, -0.2) is 0 Å². The van der Waals surface area contributed by atoms with Gasteiger partial charge in [0, 0.05) is 0 Å². The molecule has 66 valence electrons. The van der Waals surface area contributed by atoms with Gasteiger partial charge in [0.1, 0.15) is 0 Å². The van der Waals surface area contributed by atoms with Crippen molar-refractivity contribution in [3.63, 3.8) is 0 Å². The van der Waals surface area contributed by atoms with E-state index in [1.165, 1.54) is 6.08 Å². The zero-order valence-corrected chi connectivity index (χ0v) is 6.78. The fourth-order valence-electron chi connectivity index (χ4n) is 0.354. The van der Waals surface area contributed by atoms with Gasteiger partial charge in [0.15, 0.2) is 5.85 Å². The minimum absolute atomic E-state index is 0.164. The summed E-state index contributed by atoms with van der Waals surface area (Å²) < 4.78 is 14.9. The Hall–Kier alpha value is -0.190. The Morgan fingerprint density at radius 3 is 2.55 bits per heavy atom. The maximum absolute atomic E-state index is 10.3. The molecule has 3 N–H and O–H groups in total. The SMILES string of the molecule is C=CCOCC(O)P(=O)(O)O. The molecule has 0 aromatic rings. The molecule has 0 aliphatic rings. The van der Waals surface area contributed by atoms with Gasteiger partial charge >= 0.3 is 7.60 Å². The van der Waals surface area contributed by atoms with Crippen LogP contribution < -0.4 is 0 Å². The van der Waals surface area contributed by atoms with Gasteiger partial charge in [0.2, 0.25) is 0 Å². The first-order chi connectivity index (χ1) is 4.98. The summed E-state index contributed by atoms with van der Waals surface area (Å²) in [6.45, 7) is 3.10. The molecule has 0 aromatic heterocycles. The molecule has 0 radical (unpaired) electrons. The average molecular weight is 182 g/mol. The highest BCUT2D eigenvalue weighted by Gasteiger charge is 2.25. The van der Waals surface area contributed by atoms with E-state index >= 15 is 0 Å². The van der Waals surface area contributed by atoms with Crippen LogP contribution in [0.2, 0.25) is 0 Å². The molecule has 0 rings (SSSR count). The normalized spacial score (nSPS) is 14.5. The second-order valence-electron chi connectivity index (χ2n) is 1.90. The Bertz CT molecular complexity index is 162. The van der Waals surface area contributed by atoms with Gasteiger partial charge in [-0.05, 0) is 0 Å². The van der Waals surface area contributed by atoms with Gasteiger partial charge in [-0.2, -0.15) is 0 Å². The molecule has 6 heteroatoms. The molecule has 0 fully saturated rings. The molecular weight excluding hydrogens is 171 g/mol. The van der Waals surface area contributed by atoms with Crippen molar-refractivity contribution in [1.29, 1.82) is 0 Å². The van der Waals surface area contributed by atoms with E-state index in [4.69, 9.17) is 14.9 Å². The summed E-state index contributed by atoms with van der Waals surface area (Å²) in [5.74, 6) is -1.73. The van der Waals surface area contributed by atoms with Crippen molar-refractivity contribution in [2.24, 2.45) is 0 Å². The van der Waals surface area contributed by atoms with Gasteiger partial charge in [-0.15, -0.1) is 6.58 Å². The van der Waals surface area contributed by atoms with E-state index in [2.05, 4.69) is 11.3 Å². The van der Waals surface area contributed by atoms with E-state index in [9.17, 15) is 4.57 Å². The number of ether oxygens (including phenoxy) is 1. The first kappa shape index (κ1) is 10.8. The minimum Gasteiger partial charge on any atom is -0.378 e. The molecule has 0 spiro atoms. The lowest BCUT2D eigenvalue weighted by Crippen LogP contribution is -2.15. The van der Waals surface area contributed by atoms with Crippen LogP contribution in [0, 0.1) is 0 Å². The highest BCUT2D eigenvalue weighted by Crippen LogP contribution is 2.39. The molecule has 0 saturated heterocycles. The van der Waals surface area contributed by atoms with Gasteiger partial charge in [-0.1, -0.05) is 6.08 Å². The number of hydrogen-bond donors (Lipinski definition) is 3. The van der Waals surface area contributed by atoms with E-state index in [0.717, 1.165) is 0 Å². The van der Waals surface area contributed by atoms with Crippen LogP contribution in [0.25, 0.3) is 0 Å². The first-order valence-corrected chi connectivity index (χ1v) is 4.58. The molecule has 0 aliphatic carbocycles. The highest BCUT2D eigenvalue weighted by molar-refractivity contribution is 7.52. The summed E-state index contributed by atoms with van der Waals surface area (Å²) >= 11 is 0. The Labute approximate surface area is 64.5 Å². The lowest BCUT2D eigenvalue weighted by atomic mass is 10.7. The number of aliphatic hydroxyl groups excluding tert-OH is 1. The van der Waals surface area contributed by atoms with Crippen LogP contribution in [0.3, 0.4) is 0 Å². The third kappa shape index (κ3) is 5.12. The van der Waals surface area contributed by atoms with Crippen LogP contribution >= 0.6 is 7.60 Å². The fraction of sp³-hybridized carbons (Fsp3) is 0.600. The predicted molar refractivity (Wildman–Crippen MR) is 39.1 cm³/mol. The van der Waals surface area contributed by atoms with Crippen LogP contribution in [-0.2, 0) is 9.30 Å². The predicted octanol–water partition coefficient (Wildman–Crippen LogP) is -0.315. The molecular formula is C5H11O5P. The van der Waals surface area contributed by atoms with E-state index in [1.54, 1.807) is 0 Å². The van der Waals surface area contributed by atoms with Crippen LogP contribution in [0.1, 0.15) is 0 Å². The van der Waals surface area contributed by atoms with Crippen LogP contribution in [0.15, 0.2) is 12.7 Å². The molecule has 0 bridgehead atoms. The smallest absolute Gasteiger partial charge is 0.356 e. The quantitative estimate of drug-likeness (QED) is 0.308. The highest BCUT2D eigenvalue weighted by atomic mass is 31.2. The molecule has 0 aromatic carbocycles. The standard InChI is InChI=1S/C5H11O5P/c1-2-3-10-4-5(6)11(7,8)9/h2,5-6H,1,3-4H2,(H2,7,8,9). The van der Waals surface area contributed by atoms with Crippen molar-refractivity contribution in [1.82, 2.24) is 0 Å². The third-order valence-corrected chi connectivity index (χ3v) is 1.82. The minimum atomic E-state index is -4.40. The zero-order valence-electron chi connectivity index (χ0n) is 5.88. The summed E-state index contributed by atoms with van der Waals surface area (Å²) in [5, 5.41) is 8.69. The molecule has 0 saturated carbocycles. The van der Waals surface area contributed by atoms with Crippen molar-refractivity contribution < 1.29 is 24.2 Å². The second kappa shape index (κ2) is 4.64. The van der Waals surface area contributed by atoms with Crippen molar-refractivity contribution in [3.8, 4) is 0 Å². The Kier molecular flexibility index (Phi) is 4.56. The molecule has 0 aliphatic heterocycles. The van der Waals surface area contributed by atoms with Crippen LogP contribution in [0.4, 0.5) is 0 Å². The largest absolute Gasteiger partial charge is 0.378 e. The van der Waals surface area contributed by atoms with E-state index in [0.29, 0.717) is 0 Å². The fourth-order valence-corrected chi connectivity index (χ4v) is 0.653. The molecule has 1 atom stereocenters. The number of hydrogen-bond acceptors (Lipinski definition) is 3. The first-order valence-electron chi connectivity index (χ1n) is 2.90. The number of rotatable bonds is 5. The van der Waals surface area contributed by atoms with E-state index in [1.807, 2.05) is 0 Å². The molecule has 0 heterocycles. The Morgan fingerprint density at radius 2 is 2.18 bits per heavy atom. The van der Waals surface area contributed by atoms with E-state index in [-0.39, 0.29) is 13.2 Å². The average Bonchev–Trinajstić information content (AvgIpc) is 1.86.